The number of hydrogen-bond acceptors (Lipinski definition) is 3. The van der Waals surface area contributed by atoms with Gasteiger partial charge < -0.3 is 5.32 Å². The average Bonchev–Trinajstić information content (AvgIpc) is 3.34. The molecule has 0 spiro atoms. The highest BCUT2D eigenvalue weighted by Crippen LogP contribution is 2.23. The molecule has 0 saturated carbocycles. The molecule has 0 bridgehead atoms. The fourth-order valence-electron chi connectivity index (χ4n) is 4.28. The first kappa shape index (κ1) is 21.6. The number of nitrogens with zero attached hydrogens (tertiary/aromatic N) is 3. The number of nitrogens with one attached hydrogen (secondary N) is 1. The molecule has 5 nitrogen and oxygen atoms in total. The standard InChI is InChI=1S/C29H26N4O/c1-2-27-24(20-30-28-19-26(32-33(27)28)23-16-10-5-11-17-23)29(34)31-25(22-14-8-4-9-15-22)18-21-12-6-3-7-13-21/h3-17,19-20,25H,2,18H2,1H3,(H,31,34)/t25-/m1/s1. The average molecular weight is 447 g/mol. The Morgan fingerprint density at radius 1 is 0.912 bits per heavy atom. The molecule has 168 valence electrons. The Kier molecular flexibility index (Phi) is 6.17. The van der Waals surface area contributed by atoms with Crippen molar-refractivity contribution < 1.29 is 4.79 Å². The van der Waals surface area contributed by atoms with Crippen LogP contribution >= 0.6 is 0 Å². The summed E-state index contributed by atoms with van der Waals surface area (Å²) in [5, 5.41) is 8.03. The lowest BCUT2D eigenvalue weighted by Crippen LogP contribution is -2.31. The highest BCUT2D eigenvalue weighted by Gasteiger charge is 2.21. The number of benzene rings is 3. The SMILES string of the molecule is CCc1c(C(=O)N[C@H](Cc2ccccc2)c2ccccc2)cnc2cc(-c3ccccc3)nn12. The van der Waals surface area contributed by atoms with Crippen LogP contribution in [-0.2, 0) is 12.8 Å². The van der Waals surface area contributed by atoms with Gasteiger partial charge in [-0.15, -0.1) is 0 Å². The number of fused-ring (bicyclic) bond motifs is 1. The molecule has 5 rings (SSSR count). The van der Waals surface area contributed by atoms with Crippen molar-refractivity contribution in [3.63, 3.8) is 0 Å². The summed E-state index contributed by atoms with van der Waals surface area (Å²) in [6.07, 6.45) is 3.03. The van der Waals surface area contributed by atoms with Crippen LogP contribution in [0.3, 0.4) is 0 Å². The summed E-state index contributed by atoms with van der Waals surface area (Å²) >= 11 is 0. The van der Waals surface area contributed by atoms with Crippen LogP contribution in [-0.4, -0.2) is 20.5 Å². The molecule has 1 N–H and O–H groups in total. The van der Waals surface area contributed by atoms with Gasteiger partial charge in [0.25, 0.3) is 5.91 Å². The van der Waals surface area contributed by atoms with E-state index in [0.29, 0.717) is 18.4 Å². The van der Waals surface area contributed by atoms with Crippen LogP contribution in [0.4, 0.5) is 0 Å². The molecule has 0 aliphatic carbocycles. The van der Waals surface area contributed by atoms with Gasteiger partial charge in [-0.2, -0.15) is 5.10 Å². The number of carbonyl (C=O) groups is 1. The zero-order valence-corrected chi connectivity index (χ0v) is 19.1. The van der Waals surface area contributed by atoms with Crippen LogP contribution < -0.4 is 5.32 Å². The molecule has 2 heterocycles. The maximum Gasteiger partial charge on any atom is 0.255 e. The Morgan fingerprint density at radius 3 is 2.24 bits per heavy atom. The number of carbonyl (C=O) groups excluding carboxylic acids is 1. The number of aryl methyl sites for hydroxylation is 1. The predicted molar refractivity (Wildman–Crippen MR) is 135 cm³/mol. The first-order chi connectivity index (χ1) is 16.7. The van der Waals surface area contributed by atoms with Gasteiger partial charge in [0.2, 0.25) is 0 Å². The summed E-state index contributed by atoms with van der Waals surface area (Å²) in [4.78, 5) is 18.1. The molecule has 1 atom stereocenters. The van der Waals surface area contributed by atoms with Crippen LogP contribution in [0.2, 0.25) is 0 Å². The molecule has 0 saturated heterocycles. The normalized spacial score (nSPS) is 11.9. The third kappa shape index (κ3) is 4.46. The molecule has 0 aliphatic heterocycles. The monoisotopic (exact) mass is 446 g/mol. The van der Waals surface area contributed by atoms with Crippen molar-refractivity contribution in [3.8, 4) is 11.3 Å². The molecule has 0 radical (unpaired) electrons. The van der Waals surface area contributed by atoms with Gasteiger partial charge >= 0.3 is 0 Å². The minimum atomic E-state index is -0.158. The third-order valence-electron chi connectivity index (χ3n) is 6.02. The van der Waals surface area contributed by atoms with E-state index in [9.17, 15) is 4.79 Å². The van der Waals surface area contributed by atoms with Crippen molar-refractivity contribution in [3.05, 3.63) is 126 Å². The van der Waals surface area contributed by atoms with Gasteiger partial charge in [-0.05, 0) is 24.0 Å². The lowest BCUT2D eigenvalue weighted by Gasteiger charge is -2.20. The molecular weight excluding hydrogens is 420 g/mol. The number of aromatic nitrogens is 3. The fourth-order valence-corrected chi connectivity index (χ4v) is 4.28. The maximum absolute atomic E-state index is 13.5. The summed E-state index contributed by atoms with van der Waals surface area (Å²) < 4.78 is 1.80. The Bertz CT molecular complexity index is 1400. The van der Waals surface area contributed by atoms with Crippen molar-refractivity contribution in [1.29, 1.82) is 0 Å². The second-order valence-corrected chi connectivity index (χ2v) is 8.26. The van der Waals surface area contributed by atoms with Gasteiger partial charge in [0.1, 0.15) is 0 Å². The van der Waals surface area contributed by atoms with Crippen LogP contribution in [0.25, 0.3) is 16.9 Å². The minimum Gasteiger partial charge on any atom is -0.345 e. The Hall–Kier alpha value is -4.25. The number of rotatable bonds is 7. The Balaban J connectivity index is 1.48. The molecule has 5 aromatic rings. The van der Waals surface area contributed by atoms with Gasteiger partial charge in [-0.1, -0.05) is 97.9 Å². The molecule has 0 aliphatic rings. The summed E-state index contributed by atoms with van der Waals surface area (Å²) in [6.45, 7) is 2.04. The predicted octanol–water partition coefficient (Wildman–Crippen LogP) is 5.67. The highest BCUT2D eigenvalue weighted by molar-refractivity contribution is 5.95. The largest absolute Gasteiger partial charge is 0.345 e. The van der Waals surface area contributed by atoms with Crippen molar-refractivity contribution in [2.24, 2.45) is 0 Å². The first-order valence-corrected chi connectivity index (χ1v) is 11.6. The molecular formula is C29H26N4O. The van der Waals surface area contributed by atoms with E-state index in [-0.39, 0.29) is 11.9 Å². The molecule has 5 heteroatoms. The van der Waals surface area contributed by atoms with Gasteiger partial charge in [-0.3, -0.25) is 4.79 Å². The molecule has 0 unspecified atom stereocenters. The molecule has 34 heavy (non-hydrogen) atoms. The van der Waals surface area contributed by atoms with Crippen LogP contribution in [0.15, 0.2) is 103 Å². The molecule has 1 amide bonds. The lowest BCUT2D eigenvalue weighted by atomic mass is 9.98. The highest BCUT2D eigenvalue weighted by atomic mass is 16.1. The van der Waals surface area contributed by atoms with E-state index < -0.39 is 0 Å². The van der Waals surface area contributed by atoms with E-state index in [0.717, 1.165) is 28.2 Å². The van der Waals surface area contributed by atoms with E-state index in [2.05, 4.69) is 34.6 Å². The quantitative estimate of drug-likeness (QED) is 0.350. The summed E-state index contributed by atoms with van der Waals surface area (Å²) in [5.74, 6) is -0.146. The Morgan fingerprint density at radius 2 is 1.56 bits per heavy atom. The second kappa shape index (κ2) is 9.71. The third-order valence-corrected chi connectivity index (χ3v) is 6.02. The molecule has 3 aromatic carbocycles. The van der Waals surface area contributed by atoms with E-state index in [4.69, 9.17) is 5.10 Å². The lowest BCUT2D eigenvalue weighted by molar-refractivity contribution is 0.0934. The van der Waals surface area contributed by atoms with Crippen molar-refractivity contribution in [2.45, 2.75) is 25.8 Å². The fraction of sp³-hybridized carbons (Fsp3) is 0.138. The smallest absolute Gasteiger partial charge is 0.255 e. The number of amides is 1. The topological polar surface area (TPSA) is 59.3 Å². The van der Waals surface area contributed by atoms with E-state index >= 15 is 0 Å². The van der Waals surface area contributed by atoms with Gasteiger partial charge in [0.15, 0.2) is 5.65 Å². The van der Waals surface area contributed by atoms with Gasteiger partial charge in [0.05, 0.1) is 23.0 Å². The van der Waals surface area contributed by atoms with Crippen LogP contribution in [0, 0.1) is 0 Å². The first-order valence-electron chi connectivity index (χ1n) is 11.6. The maximum atomic E-state index is 13.5. The van der Waals surface area contributed by atoms with Crippen LogP contribution in [0.5, 0.6) is 0 Å². The summed E-state index contributed by atoms with van der Waals surface area (Å²) in [7, 11) is 0. The molecule has 2 aromatic heterocycles. The van der Waals surface area contributed by atoms with Crippen LogP contribution in [0.1, 0.15) is 40.1 Å². The van der Waals surface area contributed by atoms with Crippen molar-refractivity contribution in [1.82, 2.24) is 19.9 Å². The zero-order chi connectivity index (χ0) is 23.3. The number of hydrogen-bond donors (Lipinski definition) is 1. The second-order valence-electron chi connectivity index (χ2n) is 8.26. The van der Waals surface area contributed by atoms with Crippen molar-refractivity contribution >= 4 is 11.6 Å². The Labute approximate surface area is 199 Å². The summed E-state index contributed by atoms with van der Waals surface area (Å²) in [6, 6.07) is 32.1. The van der Waals surface area contributed by atoms with E-state index in [1.54, 1.807) is 10.7 Å². The summed E-state index contributed by atoms with van der Waals surface area (Å²) in [5.41, 5.74) is 6.22. The van der Waals surface area contributed by atoms with E-state index in [1.165, 1.54) is 5.56 Å². The zero-order valence-electron chi connectivity index (χ0n) is 19.1. The van der Waals surface area contributed by atoms with Crippen molar-refractivity contribution in [2.75, 3.05) is 0 Å². The van der Waals surface area contributed by atoms with E-state index in [1.807, 2.05) is 79.7 Å². The molecule has 0 fully saturated rings. The van der Waals surface area contributed by atoms with Gasteiger partial charge in [0, 0.05) is 17.8 Å². The van der Waals surface area contributed by atoms with Gasteiger partial charge in [-0.25, -0.2) is 9.50 Å². The minimum absolute atomic E-state index is 0.146.